The monoisotopic (exact) mass is 828 g/mol. The van der Waals surface area contributed by atoms with E-state index < -0.39 is 18.1 Å². The Morgan fingerprint density at radius 1 is 0.525 bits per heavy atom. The van der Waals surface area contributed by atoms with Gasteiger partial charge < -0.3 is 28.6 Å². The van der Waals surface area contributed by atoms with Crippen molar-refractivity contribution in [2.75, 3.05) is 41.0 Å². The van der Waals surface area contributed by atoms with Crippen LogP contribution in [0.15, 0.2) is 60.8 Å². The Bertz CT molecular complexity index is 1150. The number of hydrogen-bond acceptors (Lipinski definition) is 7. The first-order chi connectivity index (χ1) is 28.6. The van der Waals surface area contributed by atoms with Crippen molar-refractivity contribution in [1.29, 1.82) is 0 Å². The van der Waals surface area contributed by atoms with E-state index >= 15 is 0 Å². The lowest BCUT2D eigenvalue weighted by Crippen LogP contribution is -2.55. The van der Waals surface area contributed by atoms with Crippen LogP contribution in [0.5, 0.6) is 0 Å². The fourth-order valence-corrected chi connectivity index (χ4v) is 6.86. The Labute approximate surface area is 362 Å². The maximum absolute atomic E-state index is 12.7. The number of carboxylic acid groups (broad SMARTS) is 1. The standard InChI is InChI=1S/C51H89NO7/c1-6-8-10-12-14-16-18-20-22-23-24-25-26-28-29-31-33-35-37-39-41-49(53)58-46-47(45-57-44-43-48(51(55)56)52(3,4)5)59-50(54)42-40-38-36-34-32-30-27-21-19-17-15-13-11-9-7-2/h9,11,13,15,17,19,21,27,30,32,47-48H,6-8,10,12,14,16,18,20,22-26,28-29,31,33-46H2,1-5H3/b11-9+,15-13+,19-17+,27-21+,32-30+. The number of unbranched alkanes of at least 4 members (excludes halogenated alkanes) is 22. The fourth-order valence-electron chi connectivity index (χ4n) is 6.86. The van der Waals surface area contributed by atoms with Crippen LogP contribution in [0.25, 0.3) is 0 Å². The number of quaternary nitrogens is 1. The number of allylic oxidation sites excluding steroid dienone is 10. The van der Waals surface area contributed by atoms with Crippen LogP contribution < -0.4 is 5.11 Å². The van der Waals surface area contributed by atoms with Gasteiger partial charge in [-0.25, -0.2) is 0 Å². The molecule has 0 fully saturated rings. The fraction of sp³-hybridized carbons (Fsp3) is 0.745. The van der Waals surface area contributed by atoms with E-state index in [-0.39, 0.29) is 49.1 Å². The van der Waals surface area contributed by atoms with E-state index in [2.05, 4.69) is 26.0 Å². The molecule has 0 saturated heterocycles. The van der Waals surface area contributed by atoms with Crippen molar-refractivity contribution in [2.24, 2.45) is 0 Å². The molecule has 0 aromatic rings. The van der Waals surface area contributed by atoms with Gasteiger partial charge in [-0.1, -0.05) is 203 Å². The quantitative estimate of drug-likeness (QED) is 0.0261. The smallest absolute Gasteiger partial charge is 0.306 e. The highest BCUT2D eigenvalue weighted by Crippen LogP contribution is 2.16. The predicted molar refractivity (Wildman–Crippen MR) is 245 cm³/mol. The van der Waals surface area contributed by atoms with Gasteiger partial charge in [-0.3, -0.25) is 9.59 Å². The van der Waals surface area contributed by atoms with Crippen LogP contribution in [-0.4, -0.2) is 75.5 Å². The summed E-state index contributed by atoms with van der Waals surface area (Å²) in [4.78, 5) is 36.9. The molecule has 0 bridgehead atoms. The minimum Gasteiger partial charge on any atom is -0.544 e. The average molecular weight is 828 g/mol. The van der Waals surface area contributed by atoms with Crippen molar-refractivity contribution < 1.29 is 38.2 Å². The number of esters is 2. The molecule has 0 radical (unpaired) electrons. The maximum Gasteiger partial charge on any atom is 0.306 e. The first kappa shape index (κ1) is 56.0. The third kappa shape index (κ3) is 40.2. The molecule has 0 aromatic carbocycles. The maximum atomic E-state index is 12.7. The van der Waals surface area contributed by atoms with E-state index in [1.165, 1.54) is 109 Å². The minimum absolute atomic E-state index is 0.0228. The zero-order valence-corrected chi connectivity index (χ0v) is 38.7. The molecular weight excluding hydrogens is 739 g/mol. The molecule has 0 heterocycles. The summed E-state index contributed by atoms with van der Waals surface area (Å²) in [6, 6.07) is -0.735. The summed E-state index contributed by atoms with van der Waals surface area (Å²) >= 11 is 0. The largest absolute Gasteiger partial charge is 0.544 e. The first-order valence-corrected chi connectivity index (χ1v) is 23.9. The molecule has 0 N–H and O–H groups in total. The Morgan fingerprint density at radius 3 is 1.41 bits per heavy atom. The van der Waals surface area contributed by atoms with Gasteiger partial charge in [0, 0.05) is 19.3 Å². The van der Waals surface area contributed by atoms with Crippen LogP contribution in [0, 0.1) is 0 Å². The van der Waals surface area contributed by atoms with Gasteiger partial charge in [0.05, 0.1) is 40.3 Å². The molecular formula is C51H89NO7. The molecule has 0 rings (SSSR count). The van der Waals surface area contributed by atoms with Gasteiger partial charge >= 0.3 is 11.9 Å². The van der Waals surface area contributed by atoms with E-state index in [0.29, 0.717) is 12.8 Å². The number of carboxylic acids is 1. The van der Waals surface area contributed by atoms with Crippen LogP contribution >= 0.6 is 0 Å². The molecule has 2 atom stereocenters. The number of hydrogen-bond donors (Lipinski definition) is 0. The summed E-state index contributed by atoms with van der Waals surface area (Å²) in [6.07, 6.45) is 51.1. The zero-order valence-electron chi connectivity index (χ0n) is 38.7. The van der Waals surface area contributed by atoms with E-state index in [1.807, 2.05) is 48.6 Å². The summed E-state index contributed by atoms with van der Waals surface area (Å²) in [5.41, 5.74) is 0. The summed E-state index contributed by atoms with van der Waals surface area (Å²) in [6.45, 7) is 4.49. The van der Waals surface area contributed by atoms with Gasteiger partial charge in [-0.2, -0.15) is 0 Å². The SMILES string of the molecule is CC/C=C/C=C/C=C/C=C/C=C/CCCCCC(=O)OC(COCCC(C(=O)[O-])[N+](C)(C)C)COC(=O)CCCCCCCCCCCCCCCCCCCCCC. The van der Waals surface area contributed by atoms with Crippen molar-refractivity contribution in [3.8, 4) is 0 Å². The molecule has 0 aliphatic rings. The van der Waals surface area contributed by atoms with E-state index in [4.69, 9.17) is 14.2 Å². The van der Waals surface area contributed by atoms with Crippen molar-refractivity contribution in [3.05, 3.63) is 60.8 Å². The number of rotatable bonds is 42. The molecule has 59 heavy (non-hydrogen) atoms. The van der Waals surface area contributed by atoms with Crippen LogP contribution in [0.2, 0.25) is 0 Å². The van der Waals surface area contributed by atoms with Crippen molar-refractivity contribution in [2.45, 2.75) is 206 Å². The molecule has 0 aliphatic heterocycles. The van der Waals surface area contributed by atoms with Gasteiger partial charge in [0.25, 0.3) is 0 Å². The molecule has 0 aliphatic carbocycles. The number of carbonyl (C=O) groups is 3. The van der Waals surface area contributed by atoms with Gasteiger partial charge in [-0.15, -0.1) is 0 Å². The summed E-state index contributed by atoms with van der Waals surface area (Å²) in [7, 11) is 5.39. The second-order valence-electron chi connectivity index (χ2n) is 17.1. The zero-order chi connectivity index (χ0) is 43.5. The van der Waals surface area contributed by atoms with Crippen LogP contribution in [0.1, 0.15) is 194 Å². The third-order valence-electron chi connectivity index (χ3n) is 10.5. The predicted octanol–water partition coefficient (Wildman–Crippen LogP) is 12.0. The number of aliphatic carboxylic acids is 1. The van der Waals surface area contributed by atoms with Gasteiger partial charge in [0.15, 0.2) is 6.10 Å². The molecule has 340 valence electrons. The first-order valence-electron chi connectivity index (χ1n) is 23.9. The molecule has 8 heteroatoms. The highest BCUT2D eigenvalue weighted by Gasteiger charge is 2.25. The molecule has 8 nitrogen and oxygen atoms in total. The normalized spacial score (nSPS) is 13.4. The highest BCUT2D eigenvalue weighted by molar-refractivity contribution is 5.70. The number of carbonyl (C=O) groups excluding carboxylic acids is 3. The average Bonchev–Trinajstić information content (AvgIpc) is 3.19. The lowest BCUT2D eigenvalue weighted by atomic mass is 10.0. The Balaban J connectivity index is 4.31. The minimum atomic E-state index is -1.13. The molecule has 2 unspecified atom stereocenters. The van der Waals surface area contributed by atoms with Gasteiger partial charge in [0.1, 0.15) is 12.6 Å². The topological polar surface area (TPSA) is 102 Å². The molecule has 0 spiro atoms. The molecule has 0 aromatic heterocycles. The third-order valence-corrected chi connectivity index (χ3v) is 10.5. The Morgan fingerprint density at radius 2 is 0.949 bits per heavy atom. The molecule has 0 amide bonds. The summed E-state index contributed by atoms with van der Waals surface area (Å²) in [5.74, 6) is -1.79. The second kappa shape index (κ2) is 41.8. The number of likely N-dealkylation sites (N-methyl/N-ethyl adjacent to an activating group) is 1. The lowest BCUT2D eigenvalue weighted by molar-refractivity contribution is -0.889. The van der Waals surface area contributed by atoms with Crippen LogP contribution in [0.3, 0.4) is 0 Å². The van der Waals surface area contributed by atoms with Crippen LogP contribution in [-0.2, 0) is 28.6 Å². The Hall–Kier alpha value is -2.97. The lowest BCUT2D eigenvalue weighted by Gasteiger charge is -2.34. The summed E-state index contributed by atoms with van der Waals surface area (Å²) in [5, 5.41) is 11.6. The van der Waals surface area contributed by atoms with Crippen molar-refractivity contribution >= 4 is 17.9 Å². The second-order valence-corrected chi connectivity index (χ2v) is 17.1. The number of ether oxygens (including phenoxy) is 3. The van der Waals surface area contributed by atoms with E-state index in [0.717, 1.165) is 44.9 Å². The van der Waals surface area contributed by atoms with Gasteiger partial charge in [-0.05, 0) is 32.1 Å². The van der Waals surface area contributed by atoms with E-state index in [9.17, 15) is 19.5 Å². The Kier molecular flexibility index (Phi) is 39.6. The highest BCUT2D eigenvalue weighted by atomic mass is 16.6. The summed E-state index contributed by atoms with van der Waals surface area (Å²) < 4.78 is 17.2. The van der Waals surface area contributed by atoms with Gasteiger partial charge in [0.2, 0.25) is 0 Å². The molecule has 0 saturated carbocycles. The van der Waals surface area contributed by atoms with Crippen molar-refractivity contribution in [1.82, 2.24) is 0 Å². The van der Waals surface area contributed by atoms with Crippen LogP contribution in [0.4, 0.5) is 0 Å². The number of nitrogens with zero attached hydrogens (tertiary/aromatic N) is 1. The van der Waals surface area contributed by atoms with E-state index in [1.54, 1.807) is 21.1 Å². The van der Waals surface area contributed by atoms with Crippen molar-refractivity contribution in [3.63, 3.8) is 0 Å².